The van der Waals surface area contributed by atoms with Gasteiger partial charge in [0.25, 0.3) is 5.69 Å². The van der Waals surface area contributed by atoms with Gasteiger partial charge in [0.2, 0.25) is 0 Å². The fraction of sp³-hybridized carbons (Fsp3) is 0.188. The zero-order valence-electron chi connectivity index (χ0n) is 12.7. The van der Waals surface area contributed by atoms with Gasteiger partial charge in [-0.15, -0.1) is 0 Å². The molecule has 0 aliphatic heterocycles. The van der Waals surface area contributed by atoms with Crippen LogP contribution in [0.4, 0.5) is 5.69 Å². The van der Waals surface area contributed by atoms with Gasteiger partial charge in [0.05, 0.1) is 12.0 Å². The largest absolute Gasteiger partial charge is 0.497 e. The van der Waals surface area contributed by atoms with Gasteiger partial charge in [0.15, 0.2) is 0 Å². The van der Waals surface area contributed by atoms with E-state index in [4.69, 9.17) is 25.8 Å². The van der Waals surface area contributed by atoms with E-state index in [1.165, 1.54) is 12.1 Å². The fourth-order valence-electron chi connectivity index (χ4n) is 1.87. The van der Waals surface area contributed by atoms with Gasteiger partial charge in [-0.2, -0.15) is 0 Å². The number of esters is 1. The third-order valence-electron chi connectivity index (χ3n) is 3.02. The highest BCUT2D eigenvalue weighted by Crippen LogP contribution is 2.24. The van der Waals surface area contributed by atoms with Crippen LogP contribution in [0.25, 0.3) is 0 Å². The summed E-state index contributed by atoms with van der Waals surface area (Å²) in [6.45, 7) is 0.0596. The number of nitro groups is 1. The first kappa shape index (κ1) is 17.6. The number of halogens is 1. The summed E-state index contributed by atoms with van der Waals surface area (Å²) in [5.74, 6) is 0.477. The quantitative estimate of drug-likeness (QED) is 0.328. The summed E-state index contributed by atoms with van der Waals surface area (Å²) >= 11 is 5.70. The van der Waals surface area contributed by atoms with Crippen LogP contribution < -0.4 is 9.47 Å². The highest BCUT2D eigenvalue weighted by Gasteiger charge is 2.21. The molecule has 7 nitrogen and oxygen atoms in total. The first-order valence-corrected chi connectivity index (χ1v) is 7.27. The van der Waals surface area contributed by atoms with E-state index in [2.05, 4.69) is 0 Å². The van der Waals surface area contributed by atoms with Crippen LogP contribution in [-0.4, -0.2) is 31.2 Å². The second-order valence-corrected chi connectivity index (χ2v) is 5.01. The lowest BCUT2D eigenvalue weighted by Crippen LogP contribution is -2.13. The Balaban J connectivity index is 1.88. The third kappa shape index (κ3) is 4.60. The second kappa shape index (κ2) is 8.16. The average Bonchev–Trinajstić information content (AvgIpc) is 2.59. The number of methoxy groups -OCH3 is 1. The zero-order valence-corrected chi connectivity index (χ0v) is 13.5. The van der Waals surface area contributed by atoms with Crippen LogP contribution >= 0.6 is 11.6 Å². The molecule has 0 radical (unpaired) electrons. The second-order valence-electron chi connectivity index (χ2n) is 4.58. The van der Waals surface area contributed by atoms with Crippen molar-refractivity contribution >= 4 is 23.3 Å². The van der Waals surface area contributed by atoms with Crippen molar-refractivity contribution in [2.45, 2.75) is 0 Å². The Kier molecular flexibility index (Phi) is 5.97. The Morgan fingerprint density at radius 2 is 1.79 bits per heavy atom. The van der Waals surface area contributed by atoms with Crippen molar-refractivity contribution in [3.05, 3.63) is 63.2 Å². The third-order valence-corrected chi connectivity index (χ3v) is 3.26. The normalized spacial score (nSPS) is 10.1. The van der Waals surface area contributed by atoms with E-state index in [0.29, 0.717) is 11.5 Å². The molecule has 0 bridgehead atoms. The van der Waals surface area contributed by atoms with Crippen LogP contribution in [0, 0.1) is 10.1 Å². The minimum Gasteiger partial charge on any atom is -0.497 e. The van der Waals surface area contributed by atoms with Crippen LogP contribution in [0.15, 0.2) is 42.5 Å². The highest BCUT2D eigenvalue weighted by molar-refractivity contribution is 6.31. The smallest absolute Gasteiger partial charge is 0.345 e. The molecule has 2 aromatic rings. The molecule has 0 N–H and O–H groups in total. The van der Waals surface area contributed by atoms with Gasteiger partial charge in [0.1, 0.15) is 30.3 Å². The molecule has 0 saturated heterocycles. The standard InChI is InChI=1S/C16H14ClNO6/c1-22-12-3-5-13(6-4-12)23-8-9-24-16(19)14-7-2-11(17)10-15(14)18(20)21/h2-7,10H,8-9H2,1H3. The highest BCUT2D eigenvalue weighted by atomic mass is 35.5. The molecular formula is C16H14ClNO6. The van der Waals surface area contributed by atoms with Crippen molar-refractivity contribution in [2.24, 2.45) is 0 Å². The maximum Gasteiger partial charge on any atom is 0.345 e. The van der Waals surface area contributed by atoms with E-state index in [-0.39, 0.29) is 23.8 Å². The molecule has 0 saturated carbocycles. The summed E-state index contributed by atoms with van der Waals surface area (Å²) in [4.78, 5) is 22.2. The van der Waals surface area contributed by atoms with Gasteiger partial charge in [-0.3, -0.25) is 10.1 Å². The first-order chi connectivity index (χ1) is 11.5. The molecule has 0 fully saturated rings. The number of ether oxygens (including phenoxy) is 3. The minimum atomic E-state index is -0.809. The number of hydrogen-bond donors (Lipinski definition) is 0. The van der Waals surface area contributed by atoms with Gasteiger partial charge in [-0.25, -0.2) is 4.79 Å². The molecule has 2 aromatic carbocycles. The Morgan fingerprint density at radius 3 is 2.42 bits per heavy atom. The molecule has 2 rings (SSSR count). The first-order valence-electron chi connectivity index (χ1n) is 6.89. The van der Waals surface area contributed by atoms with Crippen molar-refractivity contribution in [3.8, 4) is 11.5 Å². The molecule has 0 atom stereocenters. The van der Waals surface area contributed by atoms with Crippen LogP contribution in [0.5, 0.6) is 11.5 Å². The van der Waals surface area contributed by atoms with Crippen LogP contribution in [0.3, 0.4) is 0 Å². The molecular weight excluding hydrogens is 338 g/mol. The molecule has 0 aromatic heterocycles. The molecule has 0 spiro atoms. The van der Waals surface area contributed by atoms with E-state index < -0.39 is 16.6 Å². The van der Waals surface area contributed by atoms with E-state index in [0.717, 1.165) is 6.07 Å². The molecule has 0 unspecified atom stereocenters. The number of carbonyl (C=O) groups is 1. The summed E-state index contributed by atoms with van der Waals surface area (Å²) < 4.78 is 15.4. The Labute approximate surface area is 142 Å². The van der Waals surface area contributed by atoms with Gasteiger partial charge < -0.3 is 14.2 Å². The monoisotopic (exact) mass is 351 g/mol. The van der Waals surface area contributed by atoms with E-state index in [1.807, 2.05) is 0 Å². The number of rotatable bonds is 7. The SMILES string of the molecule is COc1ccc(OCCOC(=O)c2ccc(Cl)cc2[N+](=O)[O-])cc1. The fourth-order valence-corrected chi connectivity index (χ4v) is 2.04. The maximum absolute atomic E-state index is 11.9. The van der Waals surface area contributed by atoms with Gasteiger partial charge in [-0.05, 0) is 36.4 Å². The Bertz CT molecular complexity index is 732. The lowest BCUT2D eigenvalue weighted by atomic mass is 10.2. The van der Waals surface area contributed by atoms with E-state index in [1.54, 1.807) is 31.4 Å². The molecule has 0 amide bonds. The summed E-state index contributed by atoms with van der Waals surface area (Å²) in [5.41, 5.74) is -0.558. The molecule has 24 heavy (non-hydrogen) atoms. The number of hydrogen-bond acceptors (Lipinski definition) is 6. The summed E-state index contributed by atoms with van der Waals surface area (Å²) in [6.07, 6.45) is 0. The average molecular weight is 352 g/mol. The number of benzene rings is 2. The van der Waals surface area contributed by atoms with Crippen LogP contribution in [-0.2, 0) is 4.74 Å². The van der Waals surface area contributed by atoms with Crippen molar-refractivity contribution < 1.29 is 23.9 Å². The van der Waals surface area contributed by atoms with Crippen molar-refractivity contribution in [1.29, 1.82) is 0 Å². The number of nitrogens with zero attached hydrogens (tertiary/aromatic N) is 1. The van der Waals surface area contributed by atoms with Crippen molar-refractivity contribution in [3.63, 3.8) is 0 Å². The van der Waals surface area contributed by atoms with Crippen molar-refractivity contribution in [1.82, 2.24) is 0 Å². The predicted octanol–water partition coefficient (Wildman–Crippen LogP) is 3.49. The maximum atomic E-state index is 11.9. The van der Waals surface area contributed by atoms with Crippen LogP contribution in [0.2, 0.25) is 5.02 Å². The summed E-state index contributed by atoms with van der Waals surface area (Å²) in [7, 11) is 1.56. The lowest BCUT2D eigenvalue weighted by molar-refractivity contribution is -0.385. The van der Waals surface area contributed by atoms with Crippen molar-refractivity contribution in [2.75, 3.05) is 20.3 Å². The molecule has 126 valence electrons. The Morgan fingerprint density at radius 1 is 1.12 bits per heavy atom. The molecule has 0 heterocycles. The summed E-state index contributed by atoms with van der Waals surface area (Å²) in [5, 5.41) is 11.1. The lowest BCUT2D eigenvalue weighted by Gasteiger charge is -2.08. The van der Waals surface area contributed by atoms with E-state index >= 15 is 0 Å². The van der Waals surface area contributed by atoms with Gasteiger partial charge >= 0.3 is 5.97 Å². The van der Waals surface area contributed by atoms with Crippen LogP contribution in [0.1, 0.15) is 10.4 Å². The molecule has 0 aliphatic carbocycles. The predicted molar refractivity (Wildman–Crippen MR) is 86.9 cm³/mol. The molecule has 8 heteroatoms. The number of carbonyl (C=O) groups excluding carboxylic acids is 1. The number of nitro benzene ring substituents is 1. The topological polar surface area (TPSA) is 87.9 Å². The van der Waals surface area contributed by atoms with Gasteiger partial charge in [-0.1, -0.05) is 11.6 Å². The van der Waals surface area contributed by atoms with E-state index in [9.17, 15) is 14.9 Å². The summed E-state index contributed by atoms with van der Waals surface area (Å²) in [6, 6.07) is 10.6. The zero-order chi connectivity index (χ0) is 17.5. The minimum absolute atomic E-state index is 0.0509. The molecule has 0 aliphatic rings. The Hall–Kier alpha value is -2.80. The van der Waals surface area contributed by atoms with Gasteiger partial charge in [0, 0.05) is 11.1 Å².